The second-order valence-corrected chi connectivity index (χ2v) is 10.0. The van der Waals surface area contributed by atoms with Gasteiger partial charge in [-0.2, -0.15) is 8.62 Å². The van der Waals surface area contributed by atoms with Crippen LogP contribution in [-0.4, -0.2) is 53.7 Å². The summed E-state index contributed by atoms with van der Waals surface area (Å²) in [4.78, 5) is 35.3. The fraction of sp³-hybridized carbons (Fsp3) is 0.455. The number of phosphoric ester groups is 1. The third-order valence-corrected chi connectivity index (χ3v) is 7.22. The third-order valence-electron chi connectivity index (χ3n) is 3.41. The largest absolute Gasteiger partial charge is 0.504 e. The summed E-state index contributed by atoms with van der Waals surface area (Å²) in [5.74, 6) is -0.793. The lowest BCUT2D eigenvalue weighted by Gasteiger charge is -2.19. The number of benzene rings is 1. The highest BCUT2D eigenvalue weighted by atomic mass is 31.3. The Hall–Kier alpha value is -0.850. The van der Waals surface area contributed by atoms with Crippen LogP contribution in [0.25, 0.3) is 0 Å². The summed E-state index contributed by atoms with van der Waals surface area (Å²) < 4.78 is 50.4. The Bertz CT molecular complexity index is 851. The fourth-order valence-electron chi connectivity index (χ4n) is 2.31. The third kappa shape index (κ3) is 6.89. The van der Waals surface area contributed by atoms with Crippen LogP contribution in [0.2, 0.25) is 0 Å². The van der Waals surface area contributed by atoms with Crippen LogP contribution in [0.5, 0.6) is 11.5 Å². The second kappa shape index (κ2) is 8.49. The van der Waals surface area contributed by atoms with Gasteiger partial charge >= 0.3 is 23.5 Å². The molecule has 4 unspecified atom stereocenters. The van der Waals surface area contributed by atoms with Crippen molar-refractivity contribution in [1.29, 1.82) is 0 Å². The molecule has 0 aromatic heterocycles. The SMILES string of the molecule is O=P(O)(O)OP(=O)(O)OP(=O)(O)OCC1O[C@@H](c2ccc(O)c(O)c2)CC1O. The molecule has 7 N–H and O–H groups in total. The summed E-state index contributed by atoms with van der Waals surface area (Å²) in [6.45, 7) is -0.800. The molecule has 1 aliphatic heterocycles. The first-order valence-electron chi connectivity index (χ1n) is 7.31. The molecule has 0 bridgehead atoms. The molecule has 0 saturated carbocycles. The Morgan fingerprint density at radius 2 is 1.64 bits per heavy atom. The lowest BCUT2D eigenvalue weighted by Crippen LogP contribution is -2.26. The van der Waals surface area contributed by atoms with Gasteiger partial charge in [-0.25, -0.2) is 13.7 Å². The summed E-state index contributed by atoms with van der Waals surface area (Å²) >= 11 is 0. The van der Waals surface area contributed by atoms with E-state index in [0.717, 1.165) is 0 Å². The highest BCUT2D eigenvalue weighted by molar-refractivity contribution is 7.66. The van der Waals surface area contributed by atoms with E-state index in [4.69, 9.17) is 19.4 Å². The maximum absolute atomic E-state index is 11.7. The van der Waals surface area contributed by atoms with Gasteiger partial charge < -0.3 is 39.6 Å². The molecule has 17 heteroatoms. The molecule has 1 aromatic carbocycles. The van der Waals surface area contributed by atoms with Crippen LogP contribution in [-0.2, 0) is 31.6 Å². The molecule has 1 fully saturated rings. The van der Waals surface area contributed by atoms with Gasteiger partial charge in [0.15, 0.2) is 11.5 Å². The first-order chi connectivity index (χ1) is 12.7. The molecule has 0 amide bonds. The molecule has 1 saturated heterocycles. The molecular formula is C11H17O14P3. The summed E-state index contributed by atoms with van der Waals surface area (Å²) in [5.41, 5.74) is 0.384. The molecule has 0 aliphatic carbocycles. The van der Waals surface area contributed by atoms with Crippen LogP contribution >= 0.6 is 23.5 Å². The molecule has 1 heterocycles. The maximum atomic E-state index is 11.7. The number of phosphoric acid groups is 3. The Labute approximate surface area is 157 Å². The van der Waals surface area contributed by atoms with E-state index in [1.807, 2.05) is 0 Å². The number of hydrogen-bond donors (Lipinski definition) is 7. The number of rotatable bonds is 8. The number of hydrogen-bond acceptors (Lipinski definition) is 10. The summed E-state index contributed by atoms with van der Waals surface area (Å²) in [6.07, 6.45) is -3.16. The van der Waals surface area contributed by atoms with Crippen LogP contribution in [0.4, 0.5) is 0 Å². The average molecular weight is 466 g/mol. The summed E-state index contributed by atoms with van der Waals surface area (Å²) in [7, 11) is -16.5. The van der Waals surface area contributed by atoms with Crippen LogP contribution in [0.3, 0.4) is 0 Å². The van der Waals surface area contributed by atoms with Crippen molar-refractivity contribution in [3.63, 3.8) is 0 Å². The molecule has 1 aromatic rings. The van der Waals surface area contributed by atoms with Crippen LogP contribution < -0.4 is 0 Å². The van der Waals surface area contributed by atoms with Gasteiger partial charge in [-0.05, 0) is 17.7 Å². The molecule has 1 aliphatic rings. The Morgan fingerprint density at radius 3 is 2.21 bits per heavy atom. The van der Waals surface area contributed by atoms with E-state index in [2.05, 4.69) is 13.1 Å². The predicted octanol–water partition coefficient (Wildman–Crippen LogP) is 0.632. The van der Waals surface area contributed by atoms with Gasteiger partial charge in [0, 0.05) is 6.42 Å². The fourth-order valence-corrected chi connectivity index (χ4v) is 5.33. The standard InChI is InChI=1S/C11H17O14P3/c12-7-2-1-6(3-8(7)13)10-4-9(14)11(23-10)5-22-27(18,19)25-28(20,21)24-26(15,16)17/h1-3,9-14H,4-5H2,(H,18,19)(H,20,21)(H2,15,16,17)/t9?,10-,11?/m1/s1. The highest BCUT2D eigenvalue weighted by Gasteiger charge is 2.42. The van der Waals surface area contributed by atoms with Gasteiger partial charge in [0.25, 0.3) is 0 Å². The van der Waals surface area contributed by atoms with Crippen molar-refractivity contribution < 1.29 is 66.5 Å². The predicted molar refractivity (Wildman–Crippen MR) is 87.8 cm³/mol. The topological polar surface area (TPSA) is 230 Å². The van der Waals surface area contributed by atoms with E-state index in [-0.39, 0.29) is 12.2 Å². The monoisotopic (exact) mass is 466 g/mol. The normalized spacial score (nSPS) is 27.2. The Morgan fingerprint density at radius 1 is 1.00 bits per heavy atom. The van der Waals surface area contributed by atoms with Crippen molar-refractivity contribution in [2.24, 2.45) is 0 Å². The van der Waals surface area contributed by atoms with E-state index < -0.39 is 54.1 Å². The highest BCUT2D eigenvalue weighted by Crippen LogP contribution is 2.66. The van der Waals surface area contributed by atoms with Gasteiger partial charge in [-0.15, -0.1) is 0 Å². The Balaban J connectivity index is 1.96. The van der Waals surface area contributed by atoms with E-state index in [9.17, 15) is 33.9 Å². The zero-order valence-electron chi connectivity index (χ0n) is 13.7. The number of phenolic OH excluding ortho intramolecular Hbond substituents is 2. The molecule has 160 valence electrons. The van der Waals surface area contributed by atoms with E-state index in [0.29, 0.717) is 5.56 Å². The van der Waals surface area contributed by atoms with E-state index in [1.165, 1.54) is 18.2 Å². The molecule has 28 heavy (non-hydrogen) atoms. The number of aliphatic hydroxyl groups is 1. The van der Waals surface area contributed by atoms with Crippen molar-refractivity contribution in [3.8, 4) is 11.5 Å². The number of ether oxygens (including phenoxy) is 1. The quantitative estimate of drug-likeness (QED) is 0.206. The van der Waals surface area contributed by atoms with Crippen LogP contribution in [0, 0.1) is 0 Å². The van der Waals surface area contributed by atoms with Gasteiger partial charge in [-0.1, -0.05) is 6.07 Å². The molecule has 5 atom stereocenters. The van der Waals surface area contributed by atoms with Crippen molar-refractivity contribution in [2.75, 3.05) is 6.61 Å². The summed E-state index contributed by atoms with van der Waals surface area (Å²) in [6, 6.07) is 3.80. The Kier molecular flexibility index (Phi) is 7.10. The van der Waals surface area contributed by atoms with E-state index >= 15 is 0 Å². The second-order valence-electron chi connectivity index (χ2n) is 5.60. The summed E-state index contributed by atoms with van der Waals surface area (Å²) in [5, 5.41) is 28.8. The molecule has 0 spiro atoms. The van der Waals surface area contributed by atoms with Crippen molar-refractivity contribution in [1.82, 2.24) is 0 Å². The van der Waals surface area contributed by atoms with Gasteiger partial charge in [-0.3, -0.25) is 4.52 Å². The lowest BCUT2D eigenvalue weighted by molar-refractivity contribution is -0.0221. The minimum absolute atomic E-state index is 0.00532. The first kappa shape index (κ1) is 23.4. The minimum atomic E-state index is -5.64. The molecule has 2 rings (SSSR count). The van der Waals surface area contributed by atoms with Gasteiger partial charge in [0.1, 0.15) is 6.10 Å². The van der Waals surface area contributed by atoms with Crippen LogP contribution in [0.15, 0.2) is 18.2 Å². The number of phenols is 2. The number of aromatic hydroxyl groups is 2. The minimum Gasteiger partial charge on any atom is -0.504 e. The zero-order valence-corrected chi connectivity index (χ0v) is 16.4. The van der Waals surface area contributed by atoms with Gasteiger partial charge in [0.05, 0.1) is 18.8 Å². The molecule has 0 radical (unpaired) electrons. The first-order valence-corrected chi connectivity index (χ1v) is 11.8. The van der Waals surface area contributed by atoms with E-state index in [1.54, 1.807) is 0 Å². The smallest absolute Gasteiger partial charge is 0.490 e. The molecule has 14 nitrogen and oxygen atoms in total. The van der Waals surface area contributed by atoms with Crippen molar-refractivity contribution in [3.05, 3.63) is 23.8 Å². The average Bonchev–Trinajstić information content (AvgIpc) is 2.85. The maximum Gasteiger partial charge on any atom is 0.490 e. The molecular weight excluding hydrogens is 449 g/mol. The van der Waals surface area contributed by atoms with Crippen LogP contribution in [0.1, 0.15) is 18.1 Å². The zero-order chi connectivity index (χ0) is 21.3. The number of aliphatic hydroxyl groups excluding tert-OH is 1. The lowest BCUT2D eigenvalue weighted by atomic mass is 10.0. The van der Waals surface area contributed by atoms with Crippen molar-refractivity contribution >= 4 is 23.5 Å². The van der Waals surface area contributed by atoms with Gasteiger partial charge in [0.2, 0.25) is 0 Å². The van der Waals surface area contributed by atoms with Crippen molar-refractivity contribution in [2.45, 2.75) is 24.7 Å².